The molecule has 1 aliphatic rings. The van der Waals surface area contributed by atoms with Crippen LogP contribution in [0.3, 0.4) is 0 Å². The van der Waals surface area contributed by atoms with E-state index in [4.69, 9.17) is 37.0 Å². The van der Waals surface area contributed by atoms with Crippen molar-refractivity contribution in [3.8, 4) is 5.75 Å². The molecule has 1 aromatic heterocycles. The average molecular weight is 607 g/mol. The van der Waals surface area contributed by atoms with E-state index >= 15 is 0 Å². The van der Waals surface area contributed by atoms with Crippen LogP contribution in [0.4, 0.5) is 0 Å². The number of fused-ring (bicyclic) bond motifs is 1. The minimum atomic E-state index is -4.26. The van der Waals surface area contributed by atoms with E-state index in [0.717, 1.165) is 27.8 Å². The van der Waals surface area contributed by atoms with E-state index in [-0.39, 0.29) is 12.5 Å². The topological polar surface area (TPSA) is 118 Å². The van der Waals surface area contributed by atoms with E-state index in [1.165, 1.54) is 0 Å². The Labute approximate surface area is 243 Å². The molecule has 3 atom stereocenters. The molecule has 0 bridgehead atoms. The first-order valence-electron chi connectivity index (χ1n) is 12.7. The van der Waals surface area contributed by atoms with E-state index in [0.29, 0.717) is 15.6 Å². The molecule has 40 heavy (non-hydrogen) atoms. The highest BCUT2D eigenvalue weighted by Crippen LogP contribution is 2.56. The summed E-state index contributed by atoms with van der Waals surface area (Å²) in [6.45, 7) is 7.78. The van der Waals surface area contributed by atoms with Crippen molar-refractivity contribution in [2.75, 3.05) is 13.7 Å². The Kier molecular flexibility index (Phi) is 9.03. The Morgan fingerprint density at radius 2 is 1.85 bits per heavy atom. The Hall–Kier alpha value is -2.42. The number of aromatic nitrogens is 2. The van der Waals surface area contributed by atoms with Gasteiger partial charge in [0.2, 0.25) is 6.33 Å². The van der Waals surface area contributed by atoms with Gasteiger partial charge in [-0.3, -0.25) is 4.57 Å². The van der Waals surface area contributed by atoms with Gasteiger partial charge in [0.05, 0.1) is 19.8 Å². The summed E-state index contributed by atoms with van der Waals surface area (Å²) in [6.07, 6.45) is 2.84. The highest BCUT2D eigenvalue weighted by atomic mass is 35.5. The second kappa shape index (κ2) is 11.8. The molecule has 1 fully saturated rings. The minimum absolute atomic E-state index is 0.0234. The van der Waals surface area contributed by atoms with Gasteiger partial charge in [0.1, 0.15) is 11.9 Å². The van der Waals surface area contributed by atoms with E-state index in [1.54, 1.807) is 37.8 Å². The summed E-state index contributed by atoms with van der Waals surface area (Å²) in [7, 11) is -2.60. The van der Waals surface area contributed by atoms with Crippen molar-refractivity contribution >= 4 is 41.8 Å². The third-order valence-corrected chi connectivity index (χ3v) is 8.53. The van der Waals surface area contributed by atoms with Crippen molar-refractivity contribution in [3.05, 3.63) is 94.0 Å². The number of ether oxygens (including phenoxy) is 1. The zero-order valence-electron chi connectivity index (χ0n) is 22.9. The number of benzene rings is 3. The number of halogens is 2. The molecule has 5 rings (SSSR count). The molecule has 0 aliphatic carbocycles. The summed E-state index contributed by atoms with van der Waals surface area (Å²) in [5, 5.41) is 14.3. The van der Waals surface area contributed by atoms with Gasteiger partial charge in [-0.1, -0.05) is 75.2 Å². The quantitative estimate of drug-likeness (QED) is 0.252. The lowest BCUT2D eigenvalue weighted by Gasteiger charge is -2.44. The third-order valence-electron chi connectivity index (χ3n) is 7.06. The van der Waals surface area contributed by atoms with Crippen molar-refractivity contribution in [1.82, 2.24) is 4.98 Å². The highest BCUT2D eigenvalue weighted by molar-refractivity contribution is 7.45. The summed E-state index contributed by atoms with van der Waals surface area (Å²) in [5.41, 5.74) is 0.654. The summed E-state index contributed by atoms with van der Waals surface area (Å²) >= 11 is 11.9. The van der Waals surface area contributed by atoms with Gasteiger partial charge in [-0.05, 0) is 52.6 Å². The number of aliphatic hydroxyl groups is 1. The Bertz CT molecular complexity index is 1530. The lowest BCUT2D eigenvalue weighted by Crippen LogP contribution is -2.35. The molecule has 0 spiro atoms. The van der Waals surface area contributed by atoms with Crippen LogP contribution in [0, 0.1) is 11.3 Å². The van der Waals surface area contributed by atoms with Crippen LogP contribution in [0.5, 0.6) is 5.75 Å². The number of aromatic amines is 2. The fourth-order valence-electron chi connectivity index (χ4n) is 4.71. The Morgan fingerprint density at radius 3 is 2.48 bits per heavy atom. The number of rotatable bonds is 5. The van der Waals surface area contributed by atoms with Crippen molar-refractivity contribution in [2.24, 2.45) is 11.3 Å². The van der Waals surface area contributed by atoms with Crippen LogP contribution in [0.25, 0.3) is 10.8 Å². The number of H-pyrrole nitrogens is 2. The number of phosphoric acid groups is 1. The van der Waals surface area contributed by atoms with Gasteiger partial charge in [-0.15, -0.1) is 0 Å². The fraction of sp³-hybridized carbons (Fsp3) is 0.345. The number of nitrogens with one attached hydrogen (secondary N) is 2. The summed E-state index contributed by atoms with van der Waals surface area (Å²) in [6, 6.07) is 16.8. The van der Waals surface area contributed by atoms with Gasteiger partial charge in [0, 0.05) is 21.0 Å². The predicted molar refractivity (Wildman–Crippen MR) is 153 cm³/mol. The molecule has 0 amide bonds. The van der Waals surface area contributed by atoms with Crippen molar-refractivity contribution in [1.29, 1.82) is 0 Å². The first-order chi connectivity index (χ1) is 18.8. The van der Waals surface area contributed by atoms with Gasteiger partial charge < -0.3 is 23.8 Å². The monoisotopic (exact) mass is 606 g/mol. The van der Waals surface area contributed by atoms with Gasteiger partial charge in [0.15, 0.2) is 11.3 Å². The molecule has 1 saturated heterocycles. The standard InChI is InChI=1S/C18H20N2O2.C11H13Cl2O4P/c1-12(2)18(21,17-10-19-11-20-17)15-6-4-14-9-16(22-3)7-5-13(14)8-15;1-11(2)6-16-18(14,15)17-10(11)8-4-3-7(12)5-9(8)13/h4-12,21H,1-3H3,(H,19,20);3-5,10H,6H2,1-2H3,(H,14,15)/t18-;10-/m01/s1. The Morgan fingerprint density at radius 1 is 1.15 bits per heavy atom. The molecule has 1 aliphatic heterocycles. The normalized spacial score (nSPS) is 21.9. The van der Waals surface area contributed by atoms with Crippen LogP contribution < -0.4 is 14.6 Å². The third kappa shape index (κ3) is 6.39. The molecule has 3 N–H and O–H groups in total. The van der Waals surface area contributed by atoms with Crippen molar-refractivity contribution < 1.29 is 33.3 Å². The molecule has 2 heterocycles. The molecular weight excluding hydrogens is 574 g/mol. The largest absolute Gasteiger partial charge is 0.756 e. The first-order valence-corrected chi connectivity index (χ1v) is 14.9. The SMILES string of the molecule is CC1(C)COP(=O)([O-])O[C@@H]1c1ccc(Cl)cc1Cl.COc1ccc2cc([C@](O)(c3c[nH+]c[nH]3)C(C)C)ccc2c1. The maximum absolute atomic E-state index is 11.4. The summed E-state index contributed by atoms with van der Waals surface area (Å²) in [5.74, 6) is 0.855. The number of phosphoric ester groups is 1. The van der Waals surface area contributed by atoms with Gasteiger partial charge >= 0.3 is 0 Å². The van der Waals surface area contributed by atoms with E-state index in [9.17, 15) is 14.6 Å². The molecular formula is C29H33Cl2N2O6P. The van der Waals surface area contributed by atoms with Gasteiger partial charge in [-0.2, -0.15) is 0 Å². The zero-order chi connectivity index (χ0) is 29.3. The maximum Gasteiger partial charge on any atom is 0.268 e. The molecule has 8 nitrogen and oxygen atoms in total. The number of imidazole rings is 1. The number of methoxy groups -OCH3 is 1. The predicted octanol–water partition coefficient (Wildman–Crippen LogP) is 6.46. The van der Waals surface area contributed by atoms with Crippen LogP contribution in [0.1, 0.15) is 50.6 Å². The van der Waals surface area contributed by atoms with E-state index < -0.39 is 24.9 Å². The average Bonchev–Trinajstić information content (AvgIpc) is 3.45. The summed E-state index contributed by atoms with van der Waals surface area (Å²) in [4.78, 5) is 17.5. The lowest BCUT2D eigenvalue weighted by molar-refractivity contribution is -0.376. The summed E-state index contributed by atoms with van der Waals surface area (Å²) < 4.78 is 26.4. The van der Waals surface area contributed by atoms with Gasteiger partial charge in [0.25, 0.3) is 7.82 Å². The minimum Gasteiger partial charge on any atom is -0.756 e. The molecule has 4 aromatic rings. The van der Waals surface area contributed by atoms with Crippen LogP contribution in [-0.4, -0.2) is 23.8 Å². The number of hydrogen-bond donors (Lipinski definition) is 2. The molecule has 1 unspecified atom stereocenters. The van der Waals surface area contributed by atoms with Crippen LogP contribution in [0.15, 0.2) is 67.1 Å². The molecule has 0 saturated carbocycles. The fourth-order valence-corrected chi connectivity index (χ4v) is 6.43. The molecule has 214 valence electrons. The number of hydrogen-bond acceptors (Lipinski definition) is 6. The second-order valence-electron chi connectivity index (χ2n) is 10.7. The van der Waals surface area contributed by atoms with Crippen molar-refractivity contribution in [2.45, 2.75) is 39.4 Å². The smallest absolute Gasteiger partial charge is 0.268 e. The van der Waals surface area contributed by atoms with Crippen molar-refractivity contribution in [3.63, 3.8) is 0 Å². The zero-order valence-corrected chi connectivity index (χ0v) is 25.3. The molecule has 3 aromatic carbocycles. The first kappa shape index (κ1) is 30.5. The molecule has 11 heteroatoms. The molecule has 0 radical (unpaired) electrons. The van der Waals surface area contributed by atoms with E-state index in [2.05, 4.69) is 9.97 Å². The second-order valence-corrected chi connectivity index (χ2v) is 12.9. The highest BCUT2D eigenvalue weighted by Gasteiger charge is 2.41. The van der Waals surface area contributed by atoms with Gasteiger partial charge in [-0.25, -0.2) is 9.97 Å². The van der Waals surface area contributed by atoms with Crippen LogP contribution >= 0.6 is 31.0 Å². The Balaban J connectivity index is 0.000000189. The maximum atomic E-state index is 11.4. The van der Waals surface area contributed by atoms with Crippen LogP contribution in [-0.2, 0) is 19.2 Å². The van der Waals surface area contributed by atoms with Crippen LogP contribution in [0.2, 0.25) is 10.0 Å². The lowest BCUT2D eigenvalue weighted by atomic mass is 9.80. The van der Waals surface area contributed by atoms with E-state index in [1.807, 2.05) is 64.1 Å².